The highest BCUT2D eigenvalue weighted by atomic mass is 14.8. The van der Waals surface area contributed by atoms with Crippen LogP contribution in [0.15, 0.2) is 30.0 Å². The minimum atomic E-state index is 0.962. The van der Waals surface area contributed by atoms with Crippen molar-refractivity contribution in [3.63, 3.8) is 0 Å². The summed E-state index contributed by atoms with van der Waals surface area (Å²) in [5.41, 5.74) is 2.44. The molecule has 0 radical (unpaired) electrons. The van der Waals surface area contributed by atoms with Crippen LogP contribution in [0.3, 0.4) is 0 Å². The monoisotopic (exact) mass is 190 g/mol. The standard InChI is InChI=1S/C12H18N2/c1-3-11(10-13-4-2)9-12-7-5-6-8-14-12/h5-9,13H,3-4,10H2,1-2H3. The van der Waals surface area contributed by atoms with Gasteiger partial charge in [-0.15, -0.1) is 0 Å². The third kappa shape index (κ3) is 3.71. The molecule has 76 valence electrons. The van der Waals surface area contributed by atoms with Gasteiger partial charge in [0.1, 0.15) is 0 Å². The first-order chi connectivity index (χ1) is 6.86. The zero-order chi connectivity index (χ0) is 10.2. The van der Waals surface area contributed by atoms with Gasteiger partial charge in [-0.25, -0.2) is 0 Å². The van der Waals surface area contributed by atoms with E-state index < -0.39 is 0 Å². The molecule has 0 aromatic carbocycles. The van der Waals surface area contributed by atoms with Crippen molar-refractivity contribution in [1.82, 2.24) is 10.3 Å². The third-order valence-corrected chi connectivity index (χ3v) is 2.10. The van der Waals surface area contributed by atoms with Gasteiger partial charge in [0, 0.05) is 12.7 Å². The summed E-state index contributed by atoms with van der Waals surface area (Å²) in [5.74, 6) is 0. The first-order valence-electron chi connectivity index (χ1n) is 5.18. The fourth-order valence-electron chi connectivity index (χ4n) is 1.23. The van der Waals surface area contributed by atoms with Gasteiger partial charge >= 0.3 is 0 Å². The Morgan fingerprint density at radius 3 is 2.86 bits per heavy atom. The predicted octanol–water partition coefficient (Wildman–Crippen LogP) is 2.48. The molecule has 0 aliphatic carbocycles. The van der Waals surface area contributed by atoms with Crippen molar-refractivity contribution >= 4 is 6.08 Å². The van der Waals surface area contributed by atoms with Gasteiger partial charge in [0.15, 0.2) is 0 Å². The quantitative estimate of drug-likeness (QED) is 0.771. The van der Waals surface area contributed by atoms with Crippen molar-refractivity contribution in [2.45, 2.75) is 20.3 Å². The Morgan fingerprint density at radius 1 is 1.43 bits per heavy atom. The zero-order valence-electron chi connectivity index (χ0n) is 8.96. The van der Waals surface area contributed by atoms with E-state index in [-0.39, 0.29) is 0 Å². The maximum atomic E-state index is 4.27. The molecule has 1 N–H and O–H groups in total. The summed E-state index contributed by atoms with van der Waals surface area (Å²) < 4.78 is 0. The summed E-state index contributed by atoms with van der Waals surface area (Å²) >= 11 is 0. The average Bonchev–Trinajstić information content (AvgIpc) is 2.25. The molecule has 0 saturated carbocycles. The largest absolute Gasteiger partial charge is 0.313 e. The van der Waals surface area contributed by atoms with Crippen molar-refractivity contribution < 1.29 is 0 Å². The zero-order valence-corrected chi connectivity index (χ0v) is 8.96. The van der Waals surface area contributed by atoms with Crippen LogP contribution in [0, 0.1) is 0 Å². The summed E-state index contributed by atoms with van der Waals surface area (Å²) in [6.07, 6.45) is 5.05. The van der Waals surface area contributed by atoms with Gasteiger partial charge in [-0.2, -0.15) is 0 Å². The molecule has 1 aromatic rings. The van der Waals surface area contributed by atoms with E-state index in [0.717, 1.165) is 25.2 Å². The van der Waals surface area contributed by atoms with Crippen molar-refractivity contribution in [1.29, 1.82) is 0 Å². The molecule has 1 aromatic heterocycles. The van der Waals surface area contributed by atoms with Gasteiger partial charge in [-0.1, -0.05) is 25.5 Å². The first-order valence-corrected chi connectivity index (χ1v) is 5.18. The highest BCUT2D eigenvalue weighted by Crippen LogP contribution is 2.05. The Balaban J connectivity index is 2.64. The van der Waals surface area contributed by atoms with Gasteiger partial charge in [-0.05, 0) is 31.2 Å². The fourth-order valence-corrected chi connectivity index (χ4v) is 1.23. The minimum Gasteiger partial charge on any atom is -0.313 e. The second kappa shape index (κ2) is 6.33. The highest BCUT2D eigenvalue weighted by Gasteiger charge is 1.94. The summed E-state index contributed by atoms with van der Waals surface area (Å²) in [4.78, 5) is 4.27. The van der Waals surface area contributed by atoms with E-state index in [1.165, 1.54) is 5.57 Å². The van der Waals surface area contributed by atoms with Crippen LogP contribution >= 0.6 is 0 Å². The first kappa shape index (κ1) is 10.9. The Bertz CT molecular complexity index is 278. The van der Waals surface area contributed by atoms with Crippen LogP contribution in [0.5, 0.6) is 0 Å². The van der Waals surface area contributed by atoms with E-state index in [1.807, 2.05) is 24.4 Å². The lowest BCUT2D eigenvalue weighted by atomic mass is 10.1. The number of rotatable bonds is 5. The summed E-state index contributed by atoms with van der Waals surface area (Å²) in [5, 5.41) is 3.32. The van der Waals surface area contributed by atoms with Gasteiger partial charge in [-0.3, -0.25) is 4.98 Å². The molecule has 0 spiro atoms. The second-order valence-corrected chi connectivity index (χ2v) is 3.19. The summed E-state index contributed by atoms with van der Waals surface area (Å²) in [6.45, 7) is 6.27. The molecule has 0 aliphatic heterocycles. The molecule has 1 heterocycles. The molecule has 14 heavy (non-hydrogen) atoms. The van der Waals surface area contributed by atoms with Gasteiger partial charge in [0.05, 0.1) is 5.69 Å². The number of aromatic nitrogens is 1. The van der Waals surface area contributed by atoms with Gasteiger partial charge < -0.3 is 5.32 Å². The summed E-state index contributed by atoms with van der Waals surface area (Å²) in [7, 11) is 0. The SMILES string of the molecule is CCNCC(=Cc1ccccn1)CC. The number of nitrogens with one attached hydrogen (secondary N) is 1. The van der Waals surface area contributed by atoms with E-state index in [0.29, 0.717) is 0 Å². The maximum absolute atomic E-state index is 4.27. The lowest BCUT2D eigenvalue weighted by molar-refractivity contribution is 0.762. The number of hydrogen-bond acceptors (Lipinski definition) is 2. The van der Waals surface area contributed by atoms with Crippen LogP contribution in [0.4, 0.5) is 0 Å². The smallest absolute Gasteiger partial charge is 0.0629 e. The lowest BCUT2D eigenvalue weighted by Gasteiger charge is -2.04. The van der Waals surface area contributed by atoms with Crippen molar-refractivity contribution in [3.8, 4) is 0 Å². The van der Waals surface area contributed by atoms with E-state index in [9.17, 15) is 0 Å². The van der Waals surface area contributed by atoms with Crippen LogP contribution in [0.25, 0.3) is 6.08 Å². The molecule has 2 nitrogen and oxygen atoms in total. The number of pyridine rings is 1. The van der Waals surface area contributed by atoms with E-state index in [2.05, 4.69) is 30.2 Å². The Labute approximate surface area is 86.1 Å². The number of nitrogens with zero attached hydrogens (tertiary/aromatic N) is 1. The average molecular weight is 190 g/mol. The van der Waals surface area contributed by atoms with E-state index in [1.54, 1.807) is 0 Å². The Kier molecular flexibility index (Phi) is 4.94. The number of likely N-dealkylation sites (N-methyl/N-ethyl adjacent to an activating group) is 1. The van der Waals surface area contributed by atoms with Gasteiger partial charge in [0.25, 0.3) is 0 Å². The summed E-state index contributed by atoms with van der Waals surface area (Å²) in [6, 6.07) is 5.98. The predicted molar refractivity (Wildman–Crippen MR) is 61.0 cm³/mol. The molecule has 0 fully saturated rings. The molecule has 1 rings (SSSR count). The molecular weight excluding hydrogens is 172 g/mol. The van der Waals surface area contributed by atoms with E-state index in [4.69, 9.17) is 0 Å². The van der Waals surface area contributed by atoms with Crippen LogP contribution < -0.4 is 5.32 Å². The second-order valence-electron chi connectivity index (χ2n) is 3.19. The Morgan fingerprint density at radius 2 is 2.29 bits per heavy atom. The minimum absolute atomic E-state index is 0.962. The molecule has 0 amide bonds. The van der Waals surface area contributed by atoms with Crippen molar-refractivity contribution in [3.05, 3.63) is 35.7 Å². The van der Waals surface area contributed by atoms with Crippen LogP contribution in [0.1, 0.15) is 26.0 Å². The lowest BCUT2D eigenvalue weighted by Crippen LogP contribution is -2.15. The molecule has 0 unspecified atom stereocenters. The molecule has 0 bridgehead atoms. The Hall–Kier alpha value is -1.15. The van der Waals surface area contributed by atoms with Crippen molar-refractivity contribution in [2.24, 2.45) is 0 Å². The topological polar surface area (TPSA) is 24.9 Å². The van der Waals surface area contributed by atoms with Crippen LogP contribution in [-0.4, -0.2) is 18.1 Å². The maximum Gasteiger partial charge on any atom is 0.0629 e. The molecule has 0 saturated heterocycles. The molecule has 2 heteroatoms. The molecular formula is C12H18N2. The number of hydrogen-bond donors (Lipinski definition) is 1. The van der Waals surface area contributed by atoms with Gasteiger partial charge in [0.2, 0.25) is 0 Å². The highest BCUT2D eigenvalue weighted by molar-refractivity contribution is 5.48. The molecule has 0 aliphatic rings. The third-order valence-electron chi connectivity index (χ3n) is 2.10. The van der Waals surface area contributed by atoms with Crippen molar-refractivity contribution in [2.75, 3.05) is 13.1 Å². The van der Waals surface area contributed by atoms with E-state index >= 15 is 0 Å². The molecule has 0 atom stereocenters. The van der Waals surface area contributed by atoms with Crippen LogP contribution in [0.2, 0.25) is 0 Å². The normalized spacial score (nSPS) is 11.7. The fraction of sp³-hybridized carbons (Fsp3) is 0.417. The van der Waals surface area contributed by atoms with Crippen LogP contribution in [-0.2, 0) is 0 Å².